The summed E-state index contributed by atoms with van der Waals surface area (Å²) in [5.41, 5.74) is 1.12. The topological polar surface area (TPSA) is 65.9 Å². The highest BCUT2D eigenvalue weighted by atomic mass is 16.5. The van der Waals surface area contributed by atoms with Crippen molar-refractivity contribution in [1.82, 2.24) is 10.6 Å². The van der Waals surface area contributed by atoms with E-state index < -0.39 is 0 Å². The van der Waals surface area contributed by atoms with Gasteiger partial charge in [0.2, 0.25) is 0 Å². The number of aliphatic imine (C=N–C) groups is 1. The molecule has 1 saturated carbocycles. The molecule has 2 rings (SSSR count). The molecule has 1 unspecified atom stereocenters. The van der Waals surface area contributed by atoms with Crippen molar-refractivity contribution < 1.29 is 9.84 Å². The first-order valence-electron chi connectivity index (χ1n) is 10.1. The Kier molecular flexibility index (Phi) is 10.1. The lowest BCUT2D eigenvalue weighted by Gasteiger charge is -2.17. The van der Waals surface area contributed by atoms with Crippen LogP contribution in [0.15, 0.2) is 35.3 Å². The van der Waals surface area contributed by atoms with Gasteiger partial charge in [-0.05, 0) is 25.3 Å². The summed E-state index contributed by atoms with van der Waals surface area (Å²) in [4.78, 5) is 4.64. The second-order valence-electron chi connectivity index (χ2n) is 6.92. The molecule has 1 aromatic rings. The van der Waals surface area contributed by atoms with E-state index in [1.54, 1.807) is 0 Å². The first-order valence-corrected chi connectivity index (χ1v) is 10.1. The van der Waals surface area contributed by atoms with Gasteiger partial charge in [0.25, 0.3) is 0 Å². The molecule has 1 aromatic carbocycles. The Bertz CT molecular complexity index is 499. The molecular formula is C21H35N3O2. The molecule has 0 aliphatic heterocycles. The number of nitrogens with one attached hydrogen (secondary N) is 2. The van der Waals surface area contributed by atoms with E-state index in [-0.39, 0.29) is 12.5 Å². The molecule has 0 radical (unpaired) electrons. The standard InChI is InChI=1S/C21H35N3O2/c1-2-22-21(23-14-15-26-20-12-8-3-4-9-13-20)24-16-19(17-25)18-10-6-5-7-11-18/h5-7,10-11,19-20,25H,2-4,8-9,12-17H2,1H3,(H2,22,23,24). The van der Waals surface area contributed by atoms with E-state index in [2.05, 4.69) is 22.5 Å². The number of aliphatic hydroxyl groups excluding tert-OH is 1. The number of aliphatic hydroxyl groups is 1. The summed E-state index contributed by atoms with van der Waals surface area (Å²) in [5.74, 6) is 0.806. The smallest absolute Gasteiger partial charge is 0.191 e. The third-order valence-electron chi connectivity index (χ3n) is 4.86. The van der Waals surface area contributed by atoms with Crippen LogP contribution in [0.5, 0.6) is 0 Å². The Hall–Kier alpha value is -1.59. The van der Waals surface area contributed by atoms with Crippen molar-refractivity contribution in [1.29, 1.82) is 0 Å². The Balaban J connectivity index is 1.76. The van der Waals surface area contributed by atoms with Crippen LogP contribution in [0.25, 0.3) is 0 Å². The van der Waals surface area contributed by atoms with Gasteiger partial charge in [0.1, 0.15) is 0 Å². The van der Waals surface area contributed by atoms with Gasteiger partial charge >= 0.3 is 0 Å². The minimum absolute atomic E-state index is 0.0221. The molecule has 5 heteroatoms. The van der Waals surface area contributed by atoms with Crippen LogP contribution in [0.4, 0.5) is 0 Å². The number of benzene rings is 1. The number of ether oxygens (including phenoxy) is 1. The molecule has 1 fully saturated rings. The highest BCUT2D eigenvalue weighted by molar-refractivity contribution is 5.79. The Morgan fingerprint density at radius 2 is 1.88 bits per heavy atom. The molecule has 26 heavy (non-hydrogen) atoms. The number of guanidine groups is 1. The summed E-state index contributed by atoms with van der Waals surface area (Å²) in [7, 11) is 0. The predicted molar refractivity (Wildman–Crippen MR) is 108 cm³/mol. The van der Waals surface area contributed by atoms with Crippen molar-refractivity contribution >= 4 is 5.96 Å². The van der Waals surface area contributed by atoms with Gasteiger partial charge in [0.15, 0.2) is 5.96 Å². The van der Waals surface area contributed by atoms with Gasteiger partial charge in [-0.1, -0.05) is 56.0 Å². The van der Waals surface area contributed by atoms with Gasteiger partial charge in [-0.25, -0.2) is 0 Å². The molecule has 0 aromatic heterocycles. The van der Waals surface area contributed by atoms with Crippen LogP contribution in [0, 0.1) is 0 Å². The van der Waals surface area contributed by atoms with Crippen LogP contribution in [0.3, 0.4) is 0 Å². The normalized spacial score (nSPS) is 17.5. The van der Waals surface area contributed by atoms with Gasteiger partial charge < -0.3 is 20.5 Å². The van der Waals surface area contributed by atoms with Crippen LogP contribution in [-0.4, -0.2) is 50.0 Å². The van der Waals surface area contributed by atoms with Crippen LogP contribution in [0.2, 0.25) is 0 Å². The predicted octanol–water partition coefficient (Wildman–Crippen LogP) is 3.06. The lowest BCUT2D eigenvalue weighted by Crippen LogP contribution is -2.39. The number of hydrogen-bond donors (Lipinski definition) is 3. The van der Waals surface area contributed by atoms with Crippen LogP contribution in [0.1, 0.15) is 56.9 Å². The Morgan fingerprint density at radius 1 is 1.15 bits per heavy atom. The fourth-order valence-electron chi connectivity index (χ4n) is 3.34. The van der Waals surface area contributed by atoms with E-state index >= 15 is 0 Å². The molecular weight excluding hydrogens is 326 g/mol. The minimum Gasteiger partial charge on any atom is -0.396 e. The lowest BCUT2D eigenvalue weighted by atomic mass is 10.0. The summed E-state index contributed by atoms with van der Waals surface area (Å²) >= 11 is 0. The third-order valence-corrected chi connectivity index (χ3v) is 4.86. The van der Waals surface area contributed by atoms with Crippen molar-refractivity contribution in [3.05, 3.63) is 35.9 Å². The molecule has 1 aliphatic rings. The van der Waals surface area contributed by atoms with E-state index in [4.69, 9.17) is 4.74 Å². The molecule has 1 atom stereocenters. The van der Waals surface area contributed by atoms with Crippen molar-refractivity contribution in [2.75, 3.05) is 32.8 Å². The minimum atomic E-state index is 0.0221. The summed E-state index contributed by atoms with van der Waals surface area (Å²) in [6.45, 7) is 4.97. The van der Waals surface area contributed by atoms with Crippen LogP contribution < -0.4 is 10.6 Å². The van der Waals surface area contributed by atoms with Crippen molar-refractivity contribution in [2.45, 2.75) is 57.5 Å². The average Bonchev–Trinajstić information content (AvgIpc) is 2.95. The zero-order valence-corrected chi connectivity index (χ0v) is 16.1. The van der Waals surface area contributed by atoms with E-state index in [0.717, 1.165) is 24.6 Å². The summed E-state index contributed by atoms with van der Waals surface area (Å²) < 4.78 is 6.02. The third kappa shape index (κ3) is 7.75. The lowest BCUT2D eigenvalue weighted by molar-refractivity contribution is 0.0468. The number of rotatable bonds is 9. The van der Waals surface area contributed by atoms with E-state index in [0.29, 0.717) is 19.3 Å². The highest BCUT2D eigenvalue weighted by Crippen LogP contribution is 2.19. The maximum Gasteiger partial charge on any atom is 0.191 e. The largest absolute Gasteiger partial charge is 0.396 e. The molecule has 0 heterocycles. The Morgan fingerprint density at radius 3 is 2.54 bits per heavy atom. The first kappa shape index (κ1) is 20.7. The SMILES string of the molecule is CCNC(=NCC(CO)c1ccccc1)NCCOC1CCCCCC1. The molecule has 1 aliphatic carbocycles. The summed E-state index contributed by atoms with van der Waals surface area (Å²) in [6.07, 6.45) is 8.11. The highest BCUT2D eigenvalue weighted by Gasteiger charge is 2.12. The summed E-state index contributed by atoms with van der Waals surface area (Å²) in [6, 6.07) is 10.1. The van der Waals surface area contributed by atoms with Gasteiger partial charge in [-0.15, -0.1) is 0 Å². The van der Waals surface area contributed by atoms with Crippen LogP contribution in [-0.2, 0) is 4.74 Å². The Labute approximate surface area is 158 Å². The maximum atomic E-state index is 9.67. The first-order chi connectivity index (χ1) is 12.8. The van der Waals surface area contributed by atoms with E-state index in [1.165, 1.54) is 38.5 Å². The molecule has 146 valence electrons. The van der Waals surface area contributed by atoms with Gasteiger partial charge in [-0.3, -0.25) is 4.99 Å². The number of nitrogens with zero attached hydrogens (tertiary/aromatic N) is 1. The maximum absolute atomic E-state index is 9.67. The second-order valence-corrected chi connectivity index (χ2v) is 6.92. The number of hydrogen-bond acceptors (Lipinski definition) is 3. The molecule has 5 nitrogen and oxygen atoms in total. The van der Waals surface area contributed by atoms with Gasteiger partial charge in [0, 0.05) is 19.0 Å². The molecule has 0 bridgehead atoms. The summed E-state index contributed by atoms with van der Waals surface area (Å²) in [5, 5.41) is 16.3. The zero-order valence-electron chi connectivity index (χ0n) is 16.1. The fourth-order valence-corrected chi connectivity index (χ4v) is 3.34. The van der Waals surface area contributed by atoms with Crippen molar-refractivity contribution in [3.63, 3.8) is 0 Å². The van der Waals surface area contributed by atoms with Crippen molar-refractivity contribution in [3.8, 4) is 0 Å². The fraction of sp³-hybridized carbons (Fsp3) is 0.667. The van der Waals surface area contributed by atoms with Crippen molar-refractivity contribution in [2.24, 2.45) is 4.99 Å². The monoisotopic (exact) mass is 361 g/mol. The van der Waals surface area contributed by atoms with E-state index in [9.17, 15) is 5.11 Å². The van der Waals surface area contributed by atoms with Crippen LogP contribution >= 0.6 is 0 Å². The average molecular weight is 362 g/mol. The second kappa shape index (κ2) is 12.7. The molecule has 0 saturated heterocycles. The quantitative estimate of drug-likeness (QED) is 0.274. The molecule has 0 spiro atoms. The van der Waals surface area contributed by atoms with Gasteiger partial charge in [0.05, 0.1) is 25.9 Å². The molecule has 3 N–H and O–H groups in total. The van der Waals surface area contributed by atoms with E-state index in [1.807, 2.05) is 30.3 Å². The van der Waals surface area contributed by atoms with Gasteiger partial charge in [-0.2, -0.15) is 0 Å². The zero-order chi connectivity index (χ0) is 18.5. The molecule has 0 amide bonds.